The Balaban J connectivity index is 4.56. The summed E-state index contributed by atoms with van der Waals surface area (Å²) in [4.78, 5) is 20.0. The first-order chi connectivity index (χ1) is 4.80. The molecule has 4 nitrogen and oxygen atoms in total. The largest absolute Gasteiger partial charge is 0.429 e. The second kappa shape index (κ2) is 3.36. The van der Waals surface area contributed by atoms with Crippen LogP contribution in [0.3, 0.4) is 0 Å². The SMILES string of the molecule is CC(C)C(=O)C(Cl)(Cl)[N+](=O)[O-]. The number of rotatable bonds is 3. The van der Waals surface area contributed by atoms with Crippen molar-refractivity contribution in [3.05, 3.63) is 10.1 Å². The molecule has 0 saturated carbocycles. The molecule has 0 aromatic rings. The van der Waals surface area contributed by atoms with Crippen LogP contribution in [0.5, 0.6) is 0 Å². The maximum atomic E-state index is 10.9. The van der Waals surface area contributed by atoms with Crippen molar-refractivity contribution in [3.63, 3.8) is 0 Å². The van der Waals surface area contributed by atoms with Crippen molar-refractivity contribution in [2.45, 2.75) is 18.3 Å². The normalized spacial score (nSPS) is 11.7. The number of carbonyl (C=O) groups is 1. The number of nitro groups is 1. The van der Waals surface area contributed by atoms with Crippen LogP contribution in [0.1, 0.15) is 13.8 Å². The highest BCUT2D eigenvalue weighted by Crippen LogP contribution is 2.25. The summed E-state index contributed by atoms with van der Waals surface area (Å²) in [6.07, 6.45) is 0. The smallest absolute Gasteiger partial charge is 0.288 e. The van der Waals surface area contributed by atoms with Gasteiger partial charge < -0.3 is 0 Å². The van der Waals surface area contributed by atoms with Gasteiger partial charge in [0.1, 0.15) is 0 Å². The number of carbonyl (C=O) groups excluding carboxylic acids is 1. The van der Waals surface area contributed by atoms with Crippen molar-refractivity contribution in [1.82, 2.24) is 0 Å². The van der Waals surface area contributed by atoms with Crippen LogP contribution >= 0.6 is 23.2 Å². The molecule has 0 bridgehead atoms. The second-order valence-corrected chi connectivity index (χ2v) is 3.60. The molecule has 0 aliphatic rings. The van der Waals surface area contributed by atoms with E-state index in [0.29, 0.717) is 0 Å². The molecule has 0 heterocycles. The van der Waals surface area contributed by atoms with Crippen LogP contribution in [-0.2, 0) is 4.79 Å². The third-order valence-corrected chi connectivity index (χ3v) is 1.70. The van der Waals surface area contributed by atoms with Gasteiger partial charge >= 0.3 is 4.46 Å². The molecule has 0 aromatic carbocycles. The van der Waals surface area contributed by atoms with Crippen molar-refractivity contribution in [3.8, 4) is 0 Å². The lowest BCUT2D eigenvalue weighted by atomic mass is 10.1. The molecule has 0 rings (SSSR count). The lowest BCUT2D eigenvalue weighted by Gasteiger charge is -2.10. The summed E-state index contributed by atoms with van der Waals surface area (Å²) in [5, 5.41) is 10.1. The van der Waals surface area contributed by atoms with E-state index in [4.69, 9.17) is 23.2 Å². The molecule has 0 aliphatic carbocycles. The van der Waals surface area contributed by atoms with E-state index in [1.165, 1.54) is 13.8 Å². The highest BCUT2D eigenvalue weighted by Gasteiger charge is 2.47. The van der Waals surface area contributed by atoms with E-state index >= 15 is 0 Å². The Labute approximate surface area is 73.6 Å². The van der Waals surface area contributed by atoms with Gasteiger partial charge in [0.25, 0.3) is 0 Å². The summed E-state index contributed by atoms with van der Waals surface area (Å²) in [6, 6.07) is 0. The molecule has 0 unspecified atom stereocenters. The zero-order valence-electron chi connectivity index (χ0n) is 6.01. The summed E-state index contributed by atoms with van der Waals surface area (Å²) in [6.45, 7) is 2.98. The van der Waals surface area contributed by atoms with Gasteiger partial charge in [-0.3, -0.25) is 14.9 Å². The molecule has 0 spiro atoms. The van der Waals surface area contributed by atoms with Crippen LogP contribution in [0.2, 0.25) is 0 Å². The first-order valence-corrected chi connectivity index (χ1v) is 3.62. The topological polar surface area (TPSA) is 60.2 Å². The van der Waals surface area contributed by atoms with Gasteiger partial charge in [-0.1, -0.05) is 13.8 Å². The Bertz CT molecular complexity index is 190. The Hall–Kier alpha value is -0.350. The minimum absolute atomic E-state index is 0.546. The van der Waals surface area contributed by atoms with Gasteiger partial charge in [-0.15, -0.1) is 0 Å². The molecule has 0 aromatic heterocycles. The Morgan fingerprint density at radius 3 is 2.00 bits per heavy atom. The molecule has 0 amide bonds. The summed E-state index contributed by atoms with van der Waals surface area (Å²) < 4.78 is -2.49. The Morgan fingerprint density at radius 1 is 1.55 bits per heavy atom. The van der Waals surface area contributed by atoms with Crippen molar-refractivity contribution in [2.75, 3.05) is 0 Å². The number of ketones is 1. The number of hydrogen-bond donors (Lipinski definition) is 0. The quantitative estimate of drug-likeness (QED) is 0.301. The molecular weight excluding hydrogens is 193 g/mol. The standard InChI is InChI=1S/C5H7Cl2NO3/c1-3(2)4(9)5(6,7)8(10)11/h3H,1-2H3. The van der Waals surface area contributed by atoms with Gasteiger partial charge in [-0.05, 0) is 23.2 Å². The predicted molar refractivity (Wildman–Crippen MR) is 41.3 cm³/mol. The number of Topliss-reactive ketones (excluding diaryl/α,β-unsaturated/α-hetero) is 1. The average Bonchev–Trinajstić information content (AvgIpc) is 1.85. The summed E-state index contributed by atoms with van der Waals surface area (Å²) in [5.74, 6) is -1.35. The fourth-order valence-corrected chi connectivity index (χ4v) is 0.874. The monoisotopic (exact) mass is 199 g/mol. The summed E-state index contributed by atoms with van der Waals surface area (Å²) in [7, 11) is 0. The molecule has 0 saturated heterocycles. The van der Waals surface area contributed by atoms with Gasteiger partial charge in [-0.2, -0.15) is 0 Å². The Morgan fingerprint density at radius 2 is 1.91 bits per heavy atom. The fourth-order valence-electron chi connectivity index (χ4n) is 0.437. The highest BCUT2D eigenvalue weighted by atomic mass is 35.5. The van der Waals surface area contributed by atoms with E-state index in [0.717, 1.165) is 0 Å². The number of halogens is 2. The maximum absolute atomic E-state index is 10.9. The van der Waals surface area contributed by atoms with Gasteiger partial charge in [0.15, 0.2) is 0 Å². The third kappa shape index (κ3) is 2.31. The maximum Gasteiger partial charge on any atom is 0.429 e. The van der Waals surface area contributed by atoms with Gasteiger partial charge in [0.05, 0.1) is 4.92 Å². The third-order valence-electron chi connectivity index (χ3n) is 1.05. The summed E-state index contributed by atoms with van der Waals surface area (Å²) in [5.41, 5.74) is 0. The zero-order chi connectivity index (χ0) is 9.23. The predicted octanol–water partition coefficient (Wildman–Crippen LogP) is 1.62. The van der Waals surface area contributed by atoms with Crippen LogP contribution < -0.4 is 0 Å². The van der Waals surface area contributed by atoms with E-state index in [9.17, 15) is 14.9 Å². The molecule has 0 fully saturated rings. The molecule has 6 heteroatoms. The number of alkyl halides is 2. The molecule has 0 aliphatic heterocycles. The molecule has 0 radical (unpaired) electrons. The average molecular weight is 200 g/mol. The van der Waals surface area contributed by atoms with Crippen LogP contribution in [0.25, 0.3) is 0 Å². The van der Waals surface area contributed by atoms with Crippen molar-refractivity contribution >= 4 is 29.0 Å². The number of nitrogens with zero attached hydrogens (tertiary/aromatic N) is 1. The highest BCUT2D eigenvalue weighted by molar-refractivity contribution is 6.56. The molecule has 0 N–H and O–H groups in total. The van der Waals surface area contributed by atoms with Crippen LogP contribution in [0.4, 0.5) is 0 Å². The first-order valence-electron chi connectivity index (χ1n) is 2.86. The minimum Gasteiger partial charge on any atom is -0.288 e. The van der Waals surface area contributed by atoms with E-state index in [-0.39, 0.29) is 0 Å². The van der Waals surface area contributed by atoms with E-state index in [1.807, 2.05) is 0 Å². The van der Waals surface area contributed by atoms with Crippen molar-refractivity contribution in [2.24, 2.45) is 5.92 Å². The van der Waals surface area contributed by atoms with Crippen molar-refractivity contribution < 1.29 is 9.72 Å². The zero-order valence-corrected chi connectivity index (χ0v) is 7.52. The van der Waals surface area contributed by atoms with Crippen LogP contribution in [-0.4, -0.2) is 15.2 Å². The Kier molecular flexibility index (Phi) is 3.26. The van der Waals surface area contributed by atoms with Crippen molar-refractivity contribution in [1.29, 1.82) is 0 Å². The lowest BCUT2D eigenvalue weighted by molar-refractivity contribution is -0.501. The van der Waals surface area contributed by atoms with Crippen LogP contribution in [0.15, 0.2) is 0 Å². The van der Waals surface area contributed by atoms with Gasteiger partial charge in [-0.25, -0.2) is 0 Å². The minimum atomic E-state index is -2.49. The molecule has 11 heavy (non-hydrogen) atoms. The first kappa shape index (κ1) is 10.7. The molecule has 64 valence electrons. The molecular formula is C5H7Cl2NO3. The van der Waals surface area contributed by atoms with Crippen LogP contribution in [0, 0.1) is 16.0 Å². The van der Waals surface area contributed by atoms with E-state index in [2.05, 4.69) is 0 Å². The van der Waals surface area contributed by atoms with Gasteiger partial charge in [0, 0.05) is 5.92 Å². The lowest BCUT2D eigenvalue weighted by Crippen LogP contribution is -2.37. The number of hydrogen-bond acceptors (Lipinski definition) is 3. The van der Waals surface area contributed by atoms with Gasteiger partial charge in [0.2, 0.25) is 5.78 Å². The second-order valence-electron chi connectivity index (χ2n) is 2.32. The summed E-state index contributed by atoms with van der Waals surface area (Å²) >= 11 is 10.3. The van der Waals surface area contributed by atoms with E-state index in [1.54, 1.807) is 0 Å². The van der Waals surface area contributed by atoms with E-state index < -0.39 is 21.1 Å². The molecule has 0 atom stereocenters. The fraction of sp³-hybridized carbons (Fsp3) is 0.800.